The van der Waals surface area contributed by atoms with E-state index in [1.165, 1.54) is 13.3 Å². The van der Waals surface area contributed by atoms with Crippen LogP contribution in [-0.4, -0.2) is 28.4 Å². The van der Waals surface area contributed by atoms with Gasteiger partial charge in [0.15, 0.2) is 11.5 Å². The molecule has 18 heavy (non-hydrogen) atoms. The van der Waals surface area contributed by atoms with E-state index in [1.807, 2.05) is 6.92 Å². The Kier molecular flexibility index (Phi) is 4.61. The number of sulfonamides is 1. The Labute approximate surface area is 108 Å². The SMILES string of the molecule is C=CN(c1cccc(OC)c1OCC)S(C)(=O)=O. The van der Waals surface area contributed by atoms with Crippen molar-refractivity contribution in [2.24, 2.45) is 0 Å². The molecule has 0 saturated carbocycles. The van der Waals surface area contributed by atoms with E-state index in [1.54, 1.807) is 18.2 Å². The van der Waals surface area contributed by atoms with Gasteiger partial charge >= 0.3 is 0 Å². The molecule has 0 saturated heterocycles. The first kappa shape index (κ1) is 14.4. The topological polar surface area (TPSA) is 55.8 Å². The molecule has 1 aromatic rings. The van der Waals surface area contributed by atoms with Crippen LogP contribution in [0.4, 0.5) is 5.69 Å². The number of methoxy groups -OCH3 is 1. The van der Waals surface area contributed by atoms with Crippen molar-refractivity contribution >= 4 is 15.7 Å². The van der Waals surface area contributed by atoms with Crippen LogP contribution in [0.1, 0.15) is 6.92 Å². The summed E-state index contributed by atoms with van der Waals surface area (Å²) < 4.78 is 35.0. The van der Waals surface area contributed by atoms with Crippen molar-refractivity contribution in [2.75, 3.05) is 24.3 Å². The molecule has 0 aliphatic carbocycles. The summed E-state index contributed by atoms with van der Waals surface area (Å²) in [5, 5.41) is 0. The van der Waals surface area contributed by atoms with Crippen molar-refractivity contribution in [1.29, 1.82) is 0 Å². The van der Waals surface area contributed by atoms with E-state index in [-0.39, 0.29) is 0 Å². The van der Waals surface area contributed by atoms with Gasteiger partial charge in [-0.3, -0.25) is 0 Å². The second-order valence-corrected chi connectivity index (χ2v) is 5.34. The average Bonchev–Trinajstić information content (AvgIpc) is 2.30. The van der Waals surface area contributed by atoms with Crippen molar-refractivity contribution in [3.63, 3.8) is 0 Å². The number of ether oxygens (including phenoxy) is 2. The lowest BCUT2D eigenvalue weighted by Gasteiger charge is -2.21. The lowest BCUT2D eigenvalue weighted by atomic mass is 10.2. The van der Waals surface area contributed by atoms with Gasteiger partial charge in [-0.15, -0.1) is 0 Å². The third-order valence-corrected chi connectivity index (χ3v) is 3.29. The summed E-state index contributed by atoms with van der Waals surface area (Å²) in [6.07, 6.45) is 2.33. The summed E-state index contributed by atoms with van der Waals surface area (Å²) in [6, 6.07) is 5.03. The predicted octanol–water partition coefficient (Wildman–Crippen LogP) is 2.00. The van der Waals surface area contributed by atoms with Crippen molar-refractivity contribution in [2.45, 2.75) is 6.92 Å². The summed E-state index contributed by atoms with van der Waals surface area (Å²) >= 11 is 0. The Morgan fingerprint density at radius 3 is 2.56 bits per heavy atom. The Hall–Kier alpha value is -1.69. The minimum atomic E-state index is -3.45. The molecule has 0 N–H and O–H groups in total. The maximum atomic E-state index is 11.7. The first-order valence-electron chi connectivity index (χ1n) is 5.37. The van der Waals surface area contributed by atoms with E-state index < -0.39 is 10.0 Å². The van der Waals surface area contributed by atoms with E-state index in [0.717, 1.165) is 10.6 Å². The summed E-state index contributed by atoms with van der Waals surface area (Å²) in [4.78, 5) is 0. The fraction of sp³-hybridized carbons (Fsp3) is 0.333. The largest absolute Gasteiger partial charge is 0.493 e. The zero-order valence-electron chi connectivity index (χ0n) is 10.7. The molecule has 1 aromatic carbocycles. The molecule has 6 heteroatoms. The molecule has 0 atom stereocenters. The molecule has 100 valence electrons. The van der Waals surface area contributed by atoms with Crippen LogP contribution in [0.25, 0.3) is 0 Å². The molecule has 0 aromatic heterocycles. The monoisotopic (exact) mass is 271 g/mol. The normalized spacial score (nSPS) is 10.8. The van der Waals surface area contributed by atoms with Gasteiger partial charge in [0.25, 0.3) is 0 Å². The van der Waals surface area contributed by atoms with Crippen LogP contribution in [0.2, 0.25) is 0 Å². The van der Waals surface area contributed by atoms with Gasteiger partial charge in [0, 0.05) is 6.20 Å². The summed E-state index contributed by atoms with van der Waals surface area (Å²) in [7, 11) is -1.95. The van der Waals surface area contributed by atoms with Crippen molar-refractivity contribution < 1.29 is 17.9 Å². The van der Waals surface area contributed by atoms with Gasteiger partial charge in [0.2, 0.25) is 10.0 Å². The number of hydrogen-bond acceptors (Lipinski definition) is 4. The van der Waals surface area contributed by atoms with E-state index in [9.17, 15) is 8.42 Å². The molecule has 0 heterocycles. The maximum absolute atomic E-state index is 11.7. The van der Waals surface area contributed by atoms with Crippen molar-refractivity contribution in [1.82, 2.24) is 0 Å². The third kappa shape index (κ3) is 2.95. The van der Waals surface area contributed by atoms with Crippen LogP contribution in [0.3, 0.4) is 0 Å². The molecule has 1 rings (SSSR count). The van der Waals surface area contributed by atoms with Gasteiger partial charge in [-0.1, -0.05) is 12.6 Å². The van der Waals surface area contributed by atoms with Gasteiger partial charge in [-0.25, -0.2) is 12.7 Å². The minimum Gasteiger partial charge on any atom is -0.493 e. The second kappa shape index (κ2) is 5.77. The average molecular weight is 271 g/mol. The molecule has 0 aliphatic heterocycles. The predicted molar refractivity (Wildman–Crippen MR) is 71.7 cm³/mol. The van der Waals surface area contributed by atoms with Crippen LogP contribution in [-0.2, 0) is 10.0 Å². The highest BCUT2D eigenvalue weighted by Gasteiger charge is 2.21. The molecule has 5 nitrogen and oxygen atoms in total. The Morgan fingerprint density at radius 2 is 2.11 bits per heavy atom. The maximum Gasteiger partial charge on any atom is 0.236 e. The highest BCUT2D eigenvalue weighted by atomic mass is 32.2. The van der Waals surface area contributed by atoms with E-state index in [0.29, 0.717) is 23.8 Å². The molecule has 0 radical (unpaired) electrons. The van der Waals surface area contributed by atoms with Crippen LogP contribution >= 0.6 is 0 Å². The fourth-order valence-corrected chi connectivity index (χ4v) is 2.31. The van der Waals surface area contributed by atoms with Crippen LogP contribution in [0.15, 0.2) is 31.0 Å². The fourth-order valence-electron chi connectivity index (χ4n) is 1.54. The molecule has 0 amide bonds. The van der Waals surface area contributed by atoms with Gasteiger partial charge in [-0.2, -0.15) is 0 Å². The van der Waals surface area contributed by atoms with E-state index in [2.05, 4.69) is 6.58 Å². The van der Waals surface area contributed by atoms with Gasteiger partial charge in [-0.05, 0) is 19.1 Å². The zero-order chi connectivity index (χ0) is 13.8. The lowest BCUT2D eigenvalue weighted by Crippen LogP contribution is -2.24. The summed E-state index contributed by atoms with van der Waals surface area (Å²) in [5.41, 5.74) is 0.383. The second-order valence-electron chi connectivity index (χ2n) is 3.48. The number of para-hydroxylation sites is 1. The number of nitrogens with zero attached hydrogens (tertiary/aromatic N) is 1. The third-order valence-electron chi connectivity index (χ3n) is 2.23. The highest BCUT2D eigenvalue weighted by Crippen LogP contribution is 2.38. The number of rotatable bonds is 6. The smallest absolute Gasteiger partial charge is 0.236 e. The van der Waals surface area contributed by atoms with Crippen LogP contribution < -0.4 is 13.8 Å². The Balaban J connectivity index is 3.42. The Bertz CT molecular complexity index is 525. The molecule has 0 unspecified atom stereocenters. The Morgan fingerprint density at radius 1 is 1.44 bits per heavy atom. The molecule has 0 spiro atoms. The first-order valence-corrected chi connectivity index (χ1v) is 7.22. The molecule has 0 bridgehead atoms. The minimum absolute atomic E-state index is 0.382. The zero-order valence-corrected chi connectivity index (χ0v) is 11.5. The van der Waals surface area contributed by atoms with Crippen LogP contribution in [0.5, 0.6) is 11.5 Å². The first-order chi connectivity index (χ1) is 8.45. The van der Waals surface area contributed by atoms with E-state index in [4.69, 9.17) is 9.47 Å². The van der Waals surface area contributed by atoms with Crippen LogP contribution in [0, 0.1) is 0 Å². The van der Waals surface area contributed by atoms with Gasteiger partial charge in [0.1, 0.15) is 5.69 Å². The number of benzene rings is 1. The summed E-state index contributed by atoms with van der Waals surface area (Å²) in [5.74, 6) is 0.859. The van der Waals surface area contributed by atoms with Gasteiger partial charge < -0.3 is 9.47 Å². The number of anilines is 1. The molecule has 0 aliphatic rings. The van der Waals surface area contributed by atoms with E-state index >= 15 is 0 Å². The van der Waals surface area contributed by atoms with Gasteiger partial charge in [0.05, 0.1) is 20.0 Å². The van der Waals surface area contributed by atoms with Crippen molar-refractivity contribution in [3.8, 4) is 11.5 Å². The highest BCUT2D eigenvalue weighted by molar-refractivity contribution is 7.92. The molecule has 0 fully saturated rings. The number of hydrogen-bond donors (Lipinski definition) is 0. The standard InChI is InChI=1S/C12H17NO4S/c1-5-13(18(4,14)15)10-8-7-9-11(16-3)12(10)17-6-2/h5,7-9H,1,6H2,2-4H3. The molecular formula is C12H17NO4S. The molecular weight excluding hydrogens is 254 g/mol. The van der Waals surface area contributed by atoms with Crippen molar-refractivity contribution in [3.05, 3.63) is 31.0 Å². The summed E-state index contributed by atoms with van der Waals surface area (Å²) in [6.45, 7) is 5.73. The quantitative estimate of drug-likeness (QED) is 0.794. The lowest BCUT2D eigenvalue weighted by molar-refractivity contribution is 0.312.